The SMILES string of the molecule is COc1ccc([C@@H](O)c2ccccc2S(=O)c2ccc(C)cc2)cc1. The zero-order valence-electron chi connectivity index (χ0n) is 14.2. The van der Waals surface area contributed by atoms with Crippen LogP contribution in [-0.2, 0) is 10.8 Å². The first-order chi connectivity index (χ1) is 12.1. The molecule has 0 aromatic heterocycles. The molecule has 0 aliphatic heterocycles. The smallest absolute Gasteiger partial charge is 0.118 e. The second-order valence-corrected chi connectivity index (χ2v) is 7.24. The quantitative estimate of drug-likeness (QED) is 0.747. The van der Waals surface area contributed by atoms with E-state index in [1.54, 1.807) is 25.3 Å². The minimum absolute atomic E-state index is 0.620. The maximum Gasteiger partial charge on any atom is 0.118 e. The lowest BCUT2D eigenvalue weighted by Crippen LogP contribution is -2.05. The van der Waals surface area contributed by atoms with E-state index in [-0.39, 0.29) is 0 Å². The van der Waals surface area contributed by atoms with Gasteiger partial charge in [-0.25, -0.2) is 4.21 Å². The van der Waals surface area contributed by atoms with Crippen molar-refractivity contribution in [2.45, 2.75) is 22.8 Å². The summed E-state index contributed by atoms with van der Waals surface area (Å²) in [5.74, 6) is 0.729. The molecule has 25 heavy (non-hydrogen) atoms. The van der Waals surface area contributed by atoms with Gasteiger partial charge in [0, 0.05) is 15.4 Å². The Morgan fingerprint density at radius 3 is 2.20 bits per heavy atom. The lowest BCUT2D eigenvalue weighted by atomic mass is 10.0. The lowest BCUT2D eigenvalue weighted by Gasteiger charge is -2.16. The minimum atomic E-state index is -1.35. The van der Waals surface area contributed by atoms with Crippen molar-refractivity contribution in [1.29, 1.82) is 0 Å². The number of hydrogen-bond acceptors (Lipinski definition) is 3. The van der Waals surface area contributed by atoms with Gasteiger partial charge in [0.1, 0.15) is 11.9 Å². The molecule has 0 aliphatic rings. The molecule has 3 rings (SSSR count). The van der Waals surface area contributed by atoms with E-state index in [0.717, 1.165) is 21.8 Å². The summed E-state index contributed by atoms with van der Waals surface area (Å²) in [6, 6.07) is 22.1. The molecule has 0 fully saturated rings. The summed E-state index contributed by atoms with van der Waals surface area (Å²) in [7, 11) is 0.251. The lowest BCUT2D eigenvalue weighted by molar-refractivity contribution is 0.217. The highest BCUT2D eigenvalue weighted by atomic mass is 32.2. The average Bonchev–Trinajstić information content (AvgIpc) is 2.67. The van der Waals surface area contributed by atoms with Crippen LogP contribution in [0.2, 0.25) is 0 Å². The third kappa shape index (κ3) is 3.81. The molecule has 3 aromatic carbocycles. The third-order valence-corrected chi connectivity index (χ3v) is 5.55. The maximum absolute atomic E-state index is 13.0. The number of ether oxygens (including phenoxy) is 1. The fourth-order valence-electron chi connectivity index (χ4n) is 2.63. The van der Waals surface area contributed by atoms with Gasteiger partial charge in [-0.05, 0) is 42.8 Å². The van der Waals surface area contributed by atoms with Crippen LogP contribution in [-0.4, -0.2) is 16.4 Å². The minimum Gasteiger partial charge on any atom is -0.497 e. The van der Waals surface area contributed by atoms with Crippen LogP contribution in [0.3, 0.4) is 0 Å². The predicted octanol–water partition coefficient (Wildman–Crippen LogP) is 4.25. The van der Waals surface area contributed by atoms with Gasteiger partial charge in [-0.3, -0.25) is 0 Å². The maximum atomic E-state index is 13.0. The monoisotopic (exact) mass is 352 g/mol. The number of hydrogen-bond donors (Lipinski definition) is 1. The molecule has 0 radical (unpaired) electrons. The number of aliphatic hydroxyl groups excluding tert-OH is 1. The molecular weight excluding hydrogens is 332 g/mol. The summed E-state index contributed by atoms with van der Waals surface area (Å²) in [5.41, 5.74) is 2.49. The van der Waals surface area contributed by atoms with E-state index in [0.29, 0.717) is 10.5 Å². The summed E-state index contributed by atoms with van der Waals surface area (Å²) in [5, 5.41) is 10.8. The van der Waals surface area contributed by atoms with Gasteiger partial charge in [0.05, 0.1) is 17.9 Å². The first-order valence-corrected chi connectivity index (χ1v) is 9.14. The highest BCUT2D eigenvalue weighted by Gasteiger charge is 2.19. The zero-order chi connectivity index (χ0) is 17.8. The fourth-order valence-corrected chi connectivity index (χ4v) is 3.86. The molecule has 128 valence electrons. The summed E-state index contributed by atoms with van der Waals surface area (Å²) < 4.78 is 18.1. The number of benzene rings is 3. The van der Waals surface area contributed by atoms with Gasteiger partial charge >= 0.3 is 0 Å². The molecule has 0 aliphatic carbocycles. The Hall–Kier alpha value is -2.43. The van der Waals surface area contributed by atoms with Crippen LogP contribution in [0.4, 0.5) is 0 Å². The van der Waals surface area contributed by atoms with Crippen LogP contribution >= 0.6 is 0 Å². The molecule has 0 bridgehead atoms. The average molecular weight is 352 g/mol. The van der Waals surface area contributed by atoms with E-state index in [9.17, 15) is 9.32 Å². The Labute approximate surface area is 150 Å². The van der Waals surface area contributed by atoms with Crippen LogP contribution in [0, 0.1) is 6.92 Å². The summed E-state index contributed by atoms with van der Waals surface area (Å²) in [4.78, 5) is 1.34. The number of rotatable bonds is 5. The first kappa shape index (κ1) is 17.4. The number of aliphatic hydroxyl groups is 1. The van der Waals surface area contributed by atoms with Crippen molar-refractivity contribution in [3.05, 3.63) is 89.5 Å². The summed E-state index contributed by atoms with van der Waals surface area (Å²) >= 11 is 0. The fraction of sp³-hybridized carbons (Fsp3) is 0.143. The Kier molecular flexibility index (Phi) is 5.31. The van der Waals surface area contributed by atoms with E-state index in [1.165, 1.54) is 0 Å². The van der Waals surface area contributed by atoms with Crippen molar-refractivity contribution in [2.24, 2.45) is 0 Å². The Balaban J connectivity index is 1.97. The molecule has 0 amide bonds. The zero-order valence-corrected chi connectivity index (χ0v) is 15.0. The van der Waals surface area contributed by atoms with Crippen LogP contribution in [0.25, 0.3) is 0 Å². The Morgan fingerprint density at radius 2 is 1.56 bits per heavy atom. The van der Waals surface area contributed by atoms with Gasteiger partial charge in [0.15, 0.2) is 0 Å². The van der Waals surface area contributed by atoms with Crippen molar-refractivity contribution in [1.82, 2.24) is 0 Å². The highest BCUT2D eigenvalue weighted by molar-refractivity contribution is 7.85. The molecule has 0 saturated heterocycles. The van der Waals surface area contributed by atoms with E-state index in [1.807, 2.05) is 61.5 Å². The predicted molar refractivity (Wildman–Crippen MR) is 99.4 cm³/mol. The molecule has 1 unspecified atom stereocenters. The van der Waals surface area contributed by atoms with Crippen molar-refractivity contribution in [2.75, 3.05) is 7.11 Å². The van der Waals surface area contributed by atoms with Crippen molar-refractivity contribution in [3.63, 3.8) is 0 Å². The molecule has 2 atom stereocenters. The second-order valence-electron chi connectivity index (χ2n) is 5.80. The molecule has 3 aromatic rings. The van der Waals surface area contributed by atoms with E-state index in [2.05, 4.69) is 0 Å². The topological polar surface area (TPSA) is 46.5 Å². The molecule has 0 heterocycles. The van der Waals surface area contributed by atoms with Crippen LogP contribution < -0.4 is 4.74 Å². The summed E-state index contributed by atoms with van der Waals surface area (Å²) in [6.45, 7) is 1.99. The molecule has 0 saturated carbocycles. The van der Waals surface area contributed by atoms with Gasteiger partial charge in [0.2, 0.25) is 0 Å². The molecule has 4 heteroatoms. The molecular formula is C21H20O3S. The van der Waals surface area contributed by atoms with Crippen LogP contribution in [0.5, 0.6) is 5.75 Å². The second kappa shape index (κ2) is 7.64. The normalized spacial score (nSPS) is 13.2. The van der Waals surface area contributed by atoms with Crippen molar-refractivity contribution < 1.29 is 14.1 Å². The number of methoxy groups -OCH3 is 1. The van der Waals surface area contributed by atoms with Gasteiger partial charge in [-0.2, -0.15) is 0 Å². The molecule has 1 N–H and O–H groups in total. The van der Waals surface area contributed by atoms with Gasteiger partial charge in [-0.15, -0.1) is 0 Å². The number of aryl methyl sites for hydroxylation is 1. The highest BCUT2D eigenvalue weighted by Crippen LogP contribution is 2.30. The van der Waals surface area contributed by atoms with E-state index >= 15 is 0 Å². The Bertz CT molecular complexity index is 870. The van der Waals surface area contributed by atoms with Gasteiger partial charge < -0.3 is 9.84 Å². The van der Waals surface area contributed by atoms with Crippen LogP contribution in [0.1, 0.15) is 22.8 Å². The van der Waals surface area contributed by atoms with Gasteiger partial charge in [0.25, 0.3) is 0 Å². The summed E-state index contributed by atoms with van der Waals surface area (Å²) in [6.07, 6.45) is -0.850. The van der Waals surface area contributed by atoms with Crippen LogP contribution in [0.15, 0.2) is 82.6 Å². The molecule has 0 spiro atoms. The first-order valence-electron chi connectivity index (χ1n) is 7.99. The standard InChI is InChI=1S/C21H20O3S/c1-15-7-13-18(14-8-15)25(23)20-6-4-3-5-19(20)21(22)16-9-11-17(24-2)12-10-16/h3-14,21-22H,1-2H3/t21-,25?/m1/s1. The largest absolute Gasteiger partial charge is 0.497 e. The van der Waals surface area contributed by atoms with E-state index in [4.69, 9.17) is 4.74 Å². The third-order valence-electron chi connectivity index (χ3n) is 4.08. The van der Waals surface area contributed by atoms with Crippen molar-refractivity contribution >= 4 is 10.8 Å². The Morgan fingerprint density at radius 1 is 0.920 bits per heavy atom. The van der Waals surface area contributed by atoms with E-state index < -0.39 is 16.9 Å². The molecule has 3 nitrogen and oxygen atoms in total. The van der Waals surface area contributed by atoms with Crippen molar-refractivity contribution in [3.8, 4) is 5.75 Å². The van der Waals surface area contributed by atoms with Gasteiger partial charge in [-0.1, -0.05) is 48.0 Å².